The molecule has 96 valence electrons. The molecule has 0 spiro atoms. The van der Waals surface area contributed by atoms with Gasteiger partial charge in [-0.2, -0.15) is 0 Å². The summed E-state index contributed by atoms with van der Waals surface area (Å²) in [5.41, 5.74) is 7.49. The van der Waals surface area contributed by atoms with Gasteiger partial charge in [-0.3, -0.25) is 4.79 Å². The van der Waals surface area contributed by atoms with Gasteiger partial charge in [0.15, 0.2) is 0 Å². The van der Waals surface area contributed by atoms with Crippen LogP contribution in [-0.2, 0) is 5.41 Å². The molecule has 0 aromatic carbocycles. The van der Waals surface area contributed by atoms with Crippen molar-refractivity contribution in [2.24, 2.45) is 5.73 Å². The molecule has 2 rings (SSSR count). The van der Waals surface area contributed by atoms with Crippen LogP contribution in [0.1, 0.15) is 42.9 Å². The largest absolute Gasteiger partial charge is 0.325 e. The molecule has 3 N–H and O–H groups in total. The van der Waals surface area contributed by atoms with Crippen LogP contribution in [0.5, 0.6) is 0 Å². The SMILES string of the molecule is CC(C)(C)c1ccc(C(N)c2cccs2)c(=O)[nH]1. The molecule has 2 aromatic heterocycles. The zero-order valence-corrected chi connectivity index (χ0v) is 11.7. The Bertz CT molecular complexity index is 579. The van der Waals surface area contributed by atoms with Crippen LogP contribution >= 0.6 is 11.3 Å². The monoisotopic (exact) mass is 262 g/mol. The number of nitrogens with two attached hydrogens (primary N) is 1. The summed E-state index contributed by atoms with van der Waals surface area (Å²) in [5.74, 6) is 0. The highest BCUT2D eigenvalue weighted by molar-refractivity contribution is 7.10. The van der Waals surface area contributed by atoms with Crippen LogP contribution in [0.25, 0.3) is 0 Å². The standard InChI is InChI=1S/C14H18N2OS/c1-14(2,3)11-7-6-9(13(17)16-11)12(15)10-5-4-8-18-10/h4-8,12H,15H2,1-3H3,(H,16,17). The predicted molar refractivity (Wildman–Crippen MR) is 76.1 cm³/mol. The van der Waals surface area contributed by atoms with E-state index in [0.717, 1.165) is 10.6 Å². The molecular formula is C14H18N2OS. The minimum atomic E-state index is -0.345. The Hall–Kier alpha value is -1.39. The molecule has 0 aliphatic heterocycles. The molecule has 18 heavy (non-hydrogen) atoms. The summed E-state index contributed by atoms with van der Waals surface area (Å²) in [6.07, 6.45) is 0. The summed E-state index contributed by atoms with van der Waals surface area (Å²) >= 11 is 1.57. The smallest absolute Gasteiger partial charge is 0.253 e. The van der Waals surface area contributed by atoms with Gasteiger partial charge < -0.3 is 10.7 Å². The van der Waals surface area contributed by atoms with Gasteiger partial charge in [0.1, 0.15) is 0 Å². The van der Waals surface area contributed by atoms with Crippen LogP contribution in [0.3, 0.4) is 0 Å². The fraction of sp³-hybridized carbons (Fsp3) is 0.357. The Kier molecular flexibility index (Phi) is 3.41. The van der Waals surface area contributed by atoms with E-state index in [9.17, 15) is 4.79 Å². The number of rotatable bonds is 2. The van der Waals surface area contributed by atoms with Gasteiger partial charge in [0.25, 0.3) is 5.56 Å². The highest BCUT2D eigenvalue weighted by atomic mass is 32.1. The fourth-order valence-corrected chi connectivity index (χ4v) is 2.53. The summed E-state index contributed by atoms with van der Waals surface area (Å²) in [5, 5.41) is 1.97. The molecule has 0 radical (unpaired) electrons. The third-order valence-corrected chi connectivity index (χ3v) is 3.89. The molecule has 2 aromatic rings. The summed E-state index contributed by atoms with van der Waals surface area (Å²) in [6.45, 7) is 6.20. The molecule has 3 nitrogen and oxygen atoms in total. The normalized spacial score (nSPS) is 13.6. The van der Waals surface area contributed by atoms with Crippen LogP contribution in [0.4, 0.5) is 0 Å². The van der Waals surface area contributed by atoms with Crippen molar-refractivity contribution in [1.82, 2.24) is 4.98 Å². The summed E-state index contributed by atoms with van der Waals surface area (Å²) in [6, 6.07) is 7.33. The minimum absolute atomic E-state index is 0.0648. The fourth-order valence-electron chi connectivity index (χ4n) is 1.79. The summed E-state index contributed by atoms with van der Waals surface area (Å²) in [4.78, 5) is 16.0. The van der Waals surface area contributed by atoms with Crippen molar-refractivity contribution >= 4 is 11.3 Å². The van der Waals surface area contributed by atoms with Crippen LogP contribution in [0, 0.1) is 0 Å². The van der Waals surface area contributed by atoms with E-state index in [4.69, 9.17) is 5.73 Å². The average molecular weight is 262 g/mol. The zero-order valence-electron chi connectivity index (χ0n) is 10.9. The number of aromatic amines is 1. The van der Waals surface area contributed by atoms with Crippen molar-refractivity contribution in [1.29, 1.82) is 0 Å². The first kappa shape index (κ1) is 13.1. The number of nitrogens with one attached hydrogen (secondary N) is 1. The zero-order chi connectivity index (χ0) is 13.3. The van der Waals surface area contributed by atoms with Crippen LogP contribution in [-0.4, -0.2) is 4.98 Å². The van der Waals surface area contributed by atoms with E-state index in [0.29, 0.717) is 5.56 Å². The Balaban J connectivity index is 2.40. The van der Waals surface area contributed by atoms with E-state index < -0.39 is 0 Å². The molecule has 0 amide bonds. The molecule has 0 aliphatic carbocycles. The number of hydrogen-bond acceptors (Lipinski definition) is 3. The van der Waals surface area contributed by atoms with E-state index in [1.807, 2.05) is 29.6 Å². The second kappa shape index (κ2) is 4.71. The second-order valence-electron chi connectivity index (χ2n) is 5.40. The Morgan fingerprint density at radius 2 is 2.00 bits per heavy atom. The lowest BCUT2D eigenvalue weighted by Gasteiger charge is -2.19. The first-order valence-electron chi connectivity index (χ1n) is 5.92. The second-order valence-corrected chi connectivity index (χ2v) is 6.38. The van der Waals surface area contributed by atoms with Crippen molar-refractivity contribution in [3.8, 4) is 0 Å². The first-order chi connectivity index (χ1) is 8.39. The van der Waals surface area contributed by atoms with E-state index in [1.165, 1.54) is 0 Å². The lowest BCUT2D eigenvalue weighted by atomic mass is 9.91. The molecule has 4 heteroatoms. The average Bonchev–Trinajstić information content (AvgIpc) is 2.80. The van der Waals surface area contributed by atoms with Gasteiger partial charge in [-0.1, -0.05) is 26.8 Å². The van der Waals surface area contributed by atoms with Crippen LogP contribution in [0.2, 0.25) is 0 Å². The molecule has 0 bridgehead atoms. The van der Waals surface area contributed by atoms with Crippen LogP contribution < -0.4 is 11.3 Å². The van der Waals surface area contributed by atoms with Crippen molar-refractivity contribution in [2.45, 2.75) is 32.2 Å². The number of H-pyrrole nitrogens is 1. The molecule has 1 atom stereocenters. The molecule has 0 saturated carbocycles. The minimum Gasteiger partial charge on any atom is -0.325 e. The number of thiophene rings is 1. The maximum Gasteiger partial charge on any atom is 0.253 e. The summed E-state index contributed by atoms with van der Waals surface area (Å²) in [7, 11) is 0. The predicted octanol–water partition coefficient (Wildman–Crippen LogP) is 2.78. The van der Waals surface area contributed by atoms with Crippen LogP contribution in [0.15, 0.2) is 34.4 Å². The van der Waals surface area contributed by atoms with Gasteiger partial charge in [-0.25, -0.2) is 0 Å². The van der Waals surface area contributed by atoms with Crippen molar-refractivity contribution in [3.05, 3.63) is 56.1 Å². The number of hydrogen-bond donors (Lipinski definition) is 2. The Morgan fingerprint density at radius 1 is 1.28 bits per heavy atom. The number of aromatic nitrogens is 1. The molecule has 0 fully saturated rings. The van der Waals surface area contributed by atoms with E-state index in [1.54, 1.807) is 11.3 Å². The number of pyridine rings is 1. The highest BCUT2D eigenvalue weighted by Crippen LogP contribution is 2.23. The topological polar surface area (TPSA) is 58.9 Å². The lowest BCUT2D eigenvalue weighted by molar-refractivity contribution is 0.565. The van der Waals surface area contributed by atoms with Gasteiger partial charge >= 0.3 is 0 Å². The van der Waals surface area contributed by atoms with Crippen molar-refractivity contribution in [3.63, 3.8) is 0 Å². The molecule has 0 aliphatic rings. The van der Waals surface area contributed by atoms with Gasteiger partial charge in [-0.15, -0.1) is 11.3 Å². The first-order valence-corrected chi connectivity index (χ1v) is 6.80. The van der Waals surface area contributed by atoms with E-state index in [-0.39, 0.29) is 17.0 Å². The third kappa shape index (κ3) is 2.54. The van der Waals surface area contributed by atoms with Crippen molar-refractivity contribution in [2.75, 3.05) is 0 Å². The Morgan fingerprint density at radius 3 is 2.50 bits per heavy atom. The maximum atomic E-state index is 12.1. The third-order valence-electron chi connectivity index (χ3n) is 2.93. The molecule has 1 unspecified atom stereocenters. The summed E-state index contributed by atoms with van der Waals surface area (Å²) < 4.78 is 0. The lowest BCUT2D eigenvalue weighted by Crippen LogP contribution is -2.26. The van der Waals surface area contributed by atoms with Gasteiger partial charge in [-0.05, 0) is 23.6 Å². The molecule has 0 saturated heterocycles. The van der Waals surface area contributed by atoms with E-state index in [2.05, 4.69) is 25.8 Å². The van der Waals surface area contributed by atoms with E-state index >= 15 is 0 Å². The molecular weight excluding hydrogens is 244 g/mol. The van der Waals surface area contributed by atoms with Gasteiger partial charge in [0, 0.05) is 21.5 Å². The molecule has 2 heterocycles. The van der Waals surface area contributed by atoms with Gasteiger partial charge in [0.05, 0.1) is 6.04 Å². The quantitative estimate of drug-likeness (QED) is 0.874. The highest BCUT2D eigenvalue weighted by Gasteiger charge is 2.18. The van der Waals surface area contributed by atoms with Gasteiger partial charge in [0.2, 0.25) is 0 Å². The maximum absolute atomic E-state index is 12.1. The van der Waals surface area contributed by atoms with Crippen molar-refractivity contribution < 1.29 is 0 Å². The Labute approximate surface area is 111 Å².